The predicted molar refractivity (Wildman–Crippen MR) is 113 cm³/mol. The molecular formula is C22H23ClN4O2. The first kappa shape index (κ1) is 19.6. The van der Waals surface area contributed by atoms with E-state index in [0.717, 1.165) is 36.2 Å². The molecule has 29 heavy (non-hydrogen) atoms. The average Bonchev–Trinajstić information content (AvgIpc) is 3.18. The molecule has 1 aliphatic rings. The lowest BCUT2D eigenvalue weighted by Crippen LogP contribution is -2.40. The van der Waals surface area contributed by atoms with Crippen molar-refractivity contribution in [3.63, 3.8) is 0 Å². The molecule has 6 nitrogen and oxygen atoms in total. The summed E-state index contributed by atoms with van der Waals surface area (Å²) in [7, 11) is 0. The Morgan fingerprint density at radius 3 is 2.83 bits per heavy atom. The topological polar surface area (TPSA) is 71.3 Å². The van der Waals surface area contributed by atoms with Crippen molar-refractivity contribution in [3.8, 4) is 11.4 Å². The van der Waals surface area contributed by atoms with E-state index in [0.29, 0.717) is 29.8 Å². The Morgan fingerprint density at radius 2 is 2.03 bits per heavy atom. The number of halogens is 1. The molecule has 150 valence electrons. The van der Waals surface area contributed by atoms with Crippen molar-refractivity contribution in [2.24, 2.45) is 5.92 Å². The van der Waals surface area contributed by atoms with Crippen molar-refractivity contribution in [2.45, 2.75) is 26.3 Å². The number of hydrogen-bond acceptors (Lipinski definition) is 5. The van der Waals surface area contributed by atoms with Crippen LogP contribution in [0, 0.1) is 12.8 Å². The van der Waals surface area contributed by atoms with Crippen LogP contribution in [0.4, 0.5) is 5.69 Å². The number of benzene rings is 2. The Hall–Kier alpha value is -2.70. The molecule has 1 unspecified atom stereocenters. The third-order valence-electron chi connectivity index (χ3n) is 5.20. The van der Waals surface area contributed by atoms with Crippen LogP contribution in [0.2, 0.25) is 5.02 Å². The maximum atomic E-state index is 12.7. The van der Waals surface area contributed by atoms with Gasteiger partial charge < -0.3 is 9.84 Å². The molecule has 1 atom stereocenters. The molecule has 2 heterocycles. The van der Waals surface area contributed by atoms with Crippen LogP contribution >= 0.6 is 11.6 Å². The number of piperidine rings is 1. The van der Waals surface area contributed by atoms with E-state index in [-0.39, 0.29) is 11.8 Å². The third kappa shape index (κ3) is 4.83. The van der Waals surface area contributed by atoms with Crippen LogP contribution in [0.15, 0.2) is 53.1 Å². The van der Waals surface area contributed by atoms with Gasteiger partial charge in [0.1, 0.15) is 0 Å². The fourth-order valence-corrected chi connectivity index (χ4v) is 3.76. The molecular weight excluding hydrogens is 388 g/mol. The molecule has 1 aliphatic heterocycles. The van der Waals surface area contributed by atoms with Gasteiger partial charge in [-0.15, -0.1) is 0 Å². The largest absolute Gasteiger partial charge is 0.338 e. The van der Waals surface area contributed by atoms with Crippen LogP contribution in [0.5, 0.6) is 0 Å². The number of rotatable bonds is 5. The number of carbonyl (C=O) groups is 1. The predicted octanol–water partition coefficient (Wildman–Crippen LogP) is 4.55. The van der Waals surface area contributed by atoms with Gasteiger partial charge in [-0.25, -0.2) is 0 Å². The van der Waals surface area contributed by atoms with Gasteiger partial charge in [0.25, 0.3) is 0 Å². The summed E-state index contributed by atoms with van der Waals surface area (Å²) in [5.74, 6) is 1.13. The Balaban J connectivity index is 1.37. The van der Waals surface area contributed by atoms with Crippen LogP contribution in [0.1, 0.15) is 24.3 Å². The molecule has 4 rings (SSSR count). The van der Waals surface area contributed by atoms with Crippen molar-refractivity contribution in [1.82, 2.24) is 15.0 Å². The van der Waals surface area contributed by atoms with E-state index < -0.39 is 0 Å². The van der Waals surface area contributed by atoms with Crippen LogP contribution in [0.3, 0.4) is 0 Å². The number of amides is 1. The first-order chi connectivity index (χ1) is 14.1. The zero-order chi connectivity index (χ0) is 20.2. The second-order valence-corrected chi connectivity index (χ2v) is 7.83. The number of carbonyl (C=O) groups excluding carboxylic acids is 1. The minimum atomic E-state index is -0.0711. The lowest BCUT2D eigenvalue weighted by atomic mass is 9.97. The monoisotopic (exact) mass is 410 g/mol. The summed E-state index contributed by atoms with van der Waals surface area (Å²) in [6, 6.07) is 15.1. The van der Waals surface area contributed by atoms with Gasteiger partial charge in [-0.05, 0) is 56.1 Å². The van der Waals surface area contributed by atoms with Gasteiger partial charge in [-0.3, -0.25) is 9.69 Å². The second-order valence-electron chi connectivity index (χ2n) is 7.40. The summed E-state index contributed by atoms with van der Waals surface area (Å²) in [5.41, 5.74) is 2.84. The summed E-state index contributed by atoms with van der Waals surface area (Å²) in [5, 5.41) is 7.76. The molecule has 0 radical (unpaired) electrons. The summed E-state index contributed by atoms with van der Waals surface area (Å²) in [4.78, 5) is 19.4. The number of anilines is 1. The quantitative estimate of drug-likeness (QED) is 0.668. The highest BCUT2D eigenvalue weighted by Crippen LogP contribution is 2.23. The molecule has 7 heteroatoms. The average molecular weight is 411 g/mol. The fourth-order valence-electron chi connectivity index (χ4n) is 3.63. The maximum absolute atomic E-state index is 12.7. The van der Waals surface area contributed by atoms with E-state index in [2.05, 4.69) is 20.4 Å². The molecule has 0 aliphatic carbocycles. The normalized spacial score (nSPS) is 17.2. The summed E-state index contributed by atoms with van der Waals surface area (Å²) in [6.45, 7) is 4.15. The number of aromatic nitrogens is 2. The SMILES string of the molecule is Cc1ccccc1-c1noc(CN2CCCC(C(=O)Nc3ccc(Cl)cc3)C2)n1. The number of nitrogens with one attached hydrogen (secondary N) is 1. The molecule has 1 aromatic heterocycles. The molecule has 0 bridgehead atoms. The fraction of sp³-hybridized carbons (Fsp3) is 0.318. The molecule has 3 aromatic rings. The van der Waals surface area contributed by atoms with E-state index in [4.69, 9.17) is 16.1 Å². The van der Waals surface area contributed by atoms with E-state index in [1.807, 2.05) is 43.3 Å². The Kier molecular flexibility index (Phi) is 5.92. The summed E-state index contributed by atoms with van der Waals surface area (Å²) >= 11 is 5.90. The van der Waals surface area contributed by atoms with Gasteiger partial charge in [-0.1, -0.05) is 41.0 Å². The zero-order valence-electron chi connectivity index (χ0n) is 16.3. The molecule has 0 saturated carbocycles. The van der Waals surface area contributed by atoms with Gasteiger partial charge in [0.2, 0.25) is 17.6 Å². The number of hydrogen-bond donors (Lipinski definition) is 1. The van der Waals surface area contributed by atoms with E-state index in [9.17, 15) is 4.79 Å². The smallest absolute Gasteiger partial charge is 0.241 e. The highest BCUT2D eigenvalue weighted by atomic mass is 35.5. The first-order valence-electron chi connectivity index (χ1n) is 9.76. The number of aryl methyl sites for hydroxylation is 1. The number of nitrogens with zero attached hydrogens (tertiary/aromatic N) is 3. The van der Waals surface area contributed by atoms with Crippen molar-refractivity contribution in [2.75, 3.05) is 18.4 Å². The molecule has 0 spiro atoms. The lowest BCUT2D eigenvalue weighted by molar-refractivity contribution is -0.121. The van der Waals surface area contributed by atoms with Crippen molar-refractivity contribution in [1.29, 1.82) is 0 Å². The third-order valence-corrected chi connectivity index (χ3v) is 5.45. The van der Waals surface area contributed by atoms with Crippen LogP contribution in [-0.4, -0.2) is 34.0 Å². The highest BCUT2D eigenvalue weighted by molar-refractivity contribution is 6.30. The maximum Gasteiger partial charge on any atom is 0.241 e. The molecule has 2 aromatic carbocycles. The van der Waals surface area contributed by atoms with Gasteiger partial charge in [0.05, 0.1) is 12.5 Å². The van der Waals surface area contributed by atoms with Gasteiger partial charge in [-0.2, -0.15) is 4.98 Å². The Bertz CT molecular complexity index is 986. The van der Waals surface area contributed by atoms with Crippen molar-refractivity contribution < 1.29 is 9.32 Å². The van der Waals surface area contributed by atoms with Gasteiger partial charge >= 0.3 is 0 Å². The molecule has 1 N–H and O–H groups in total. The molecule has 1 saturated heterocycles. The first-order valence-corrected chi connectivity index (χ1v) is 10.1. The van der Waals surface area contributed by atoms with E-state index >= 15 is 0 Å². The Labute approximate surface area is 174 Å². The highest BCUT2D eigenvalue weighted by Gasteiger charge is 2.27. The van der Waals surface area contributed by atoms with Gasteiger partial charge in [0.15, 0.2) is 0 Å². The van der Waals surface area contributed by atoms with E-state index in [1.165, 1.54) is 0 Å². The van der Waals surface area contributed by atoms with E-state index in [1.54, 1.807) is 12.1 Å². The second kappa shape index (κ2) is 8.76. The van der Waals surface area contributed by atoms with Gasteiger partial charge in [0, 0.05) is 22.8 Å². The van der Waals surface area contributed by atoms with Crippen molar-refractivity contribution in [3.05, 3.63) is 65.0 Å². The summed E-state index contributed by atoms with van der Waals surface area (Å²) in [6.07, 6.45) is 1.83. The minimum absolute atomic E-state index is 0.0307. The van der Waals surface area contributed by atoms with Crippen LogP contribution in [-0.2, 0) is 11.3 Å². The van der Waals surface area contributed by atoms with Crippen molar-refractivity contribution >= 4 is 23.2 Å². The zero-order valence-corrected chi connectivity index (χ0v) is 17.0. The number of likely N-dealkylation sites (tertiary alicyclic amines) is 1. The molecule has 1 amide bonds. The van der Waals surface area contributed by atoms with Crippen LogP contribution < -0.4 is 5.32 Å². The molecule has 1 fully saturated rings. The minimum Gasteiger partial charge on any atom is -0.338 e. The standard InChI is InChI=1S/C22H23ClN4O2/c1-15-5-2-3-7-19(15)21-25-20(29-26-21)14-27-12-4-6-16(13-27)22(28)24-18-10-8-17(23)9-11-18/h2-3,5,7-11,16H,4,6,12-14H2,1H3,(H,24,28). The van der Waals surface area contributed by atoms with Crippen LogP contribution in [0.25, 0.3) is 11.4 Å². The summed E-state index contributed by atoms with van der Waals surface area (Å²) < 4.78 is 5.46. The Morgan fingerprint density at radius 1 is 1.24 bits per heavy atom. The lowest BCUT2D eigenvalue weighted by Gasteiger charge is -2.30.